The molecule has 0 aliphatic rings. The first-order valence-corrected chi connectivity index (χ1v) is 6.87. The van der Waals surface area contributed by atoms with Crippen molar-refractivity contribution in [3.05, 3.63) is 51.6 Å². The molecule has 18 heavy (non-hydrogen) atoms. The summed E-state index contributed by atoms with van der Waals surface area (Å²) in [5.74, 6) is -0.952. The van der Waals surface area contributed by atoms with E-state index in [1.54, 1.807) is 30.5 Å². The summed E-state index contributed by atoms with van der Waals surface area (Å²) in [5.41, 5.74) is 0.244. The number of nitrogens with zero attached hydrogens (tertiary/aromatic N) is 1. The standard InChI is InChI=1S/C12H7BrClNO2S/c13-8-5-10(14)11(15-6-8)18-9-3-1-2-7(4-9)12(16)17/h1-6H,(H,16,17). The Morgan fingerprint density at radius 2 is 2.17 bits per heavy atom. The summed E-state index contributed by atoms with van der Waals surface area (Å²) in [6, 6.07) is 8.39. The van der Waals surface area contributed by atoms with Crippen LogP contribution in [-0.2, 0) is 0 Å². The molecule has 0 fully saturated rings. The third-order valence-corrected chi connectivity index (χ3v) is 3.91. The van der Waals surface area contributed by atoms with E-state index in [2.05, 4.69) is 20.9 Å². The molecule has 1 N–H and O–H groups in total. The smallest absolute Gasteiger partial charge is 0.335 e. The zero-order valence-electron chi connectivity index (χ0n) is 8.93. The Bertz CT molecular complexity index is 606. The molecular weight excluding hydrogens is 338 g/mol. The lowest BCUT2D eigenvalue weighted by Gasteiger charge is -2.04. The van der Waals surface area contributed by atoms with Crippen LogP contribution in [0.4, 0.5) is 0 Å². The minimum absolute atomic E-state index is 0.244. The topological polar surface area (TPSA) is 50.2 Å². The first kappa shape index (κ1) is 13.4. The predicted octanol–water partition coefficient (Wildman–Crippen LogP) is 4.35. The molecule has 92 valence electrons. The highest BCUT2D eigenvalue weighted by Crippen LogP contribution is 2.33. The van der Waals surface area contributed by atoms with Crippen molar-refractivity contribution >= 4 is 45.3 Å². The normalized spacial score (nSPS) is 10.3. The summed E-state index contributed by atoms with van der Waals surface area (Å²) in [6.07, 6.45) is 1.65. The number of carboxylic acid groups (broad SMARTS) is 1. The van der Waals surface area contributed by atoms with Gasteiger partial charge in [0.2, 0.25) is 0 Å². The molecule has 2 rings (SSSR count). The summed E-state index contributed by atoms with van der Waals surface area (Å²) in [6.45, 7) is 0. The van der Waals surface area contributed by atoms with Crippen molar-refractivity contribution in [3.63, 3.8) is 0 Å². The summed E-state index contributed by atoms with van der Waals surface area (Å²) in [4.78, 5) is 15.8. The number of aromatic nitrogens is 1. The minimum atomic E-state index is -0.952. The van der Waals surface area contributed by atoms with E-state index in [0.29, 0.717) is 10.0 Å². The summed E-state index contributed by atoms with van der Waals surface area (Å²) >= 11 is 10.7. The van der Waals surface area contributed by atoms with Crippen molar-refractivity contribution < 1.29 is 9.90 Å². The second-order valence-electron chi connectivity index (χ2n) is 3.38. The van der Waals surface area contributed by atoms with E-state index in [1.165, 1.54) is 11.8 Å². The highest BCUT2D eigenvalue weighted by atomic mass is 79.9. The molecule has 2 aromatic rings. The van der Waals surface area contributed by atoms with Gasteiger partial charge in [0.15, 0.2) is 0 Å². The van der Waals surface area contributed by atoms with Gasteiger partial charge in [-0.05, 0) is 40.2 Å². The van der Waals surface area contributed by atoms with Crippen LogP contribution in [0.2, 0.25) is 5.02 Å². The fourth-order valence-electron chi connectivity index (χ4n) is 1.28. The van der Waals surface area contributed by atoms with Gasteiger partial charge < -0.3 is 5.11 Å². The number of carbonyl (C=O) groups is 1. The first-order chi connectivity index (χ1) is 8.56. The maximum Gasteiger partial charge on any atom is 0.335 e. The average molecular weight is 345 g/mol. The van der Waals surface area contributed by atoms with Crippen LogP contribution >= 0.6 is 39.3 Å². The summed E-state index contributed by atoms with van der Waals surface area (Å²) < 4.78 is 0.802. The number of halogens is 2. The molecule has 0 unspecified atom stereocenters. The lowest BCUT2D eigenvalue weighted by Crippen LogP contribution is -1.95. The fourth-order valence-corrected chi connectivity index (χ4v) is 2.84. The molecule has 0 saturated carbocycles. The number of aromatic carboxylic acids is 1. The Kier molecular flexibility index (Phi) is 4.27. The Hall–Kier alpha value is -1.04. The number of benzene rings is 1. The molecule has 1 heterocycles. The van der Waals surface area contributed by atoms with Crippen molar-refractivity contribution in [3.8, 4) is 0 Å². The Morgan fingerprint density at radius 3 is 2.83 bits per heavy atom. The molecule has 0 amide bonds. The molecule has 1 aromatic heterocycles. The molecule has 0 aliphatic heterocycles. The van der Waals surface area contributed by atoms with Gasteiger partial charge in [-0.1, -0.05) is 29.4 Å². The predicted molar refractivity (Wildman–Crippen MR) is 74.5 cm³/mol. The molecule has 6 heteroatoms. The monoisotopic (exact) mass is 343 g/mol. The van der Waals surface area contributed by atoms with Crippen molar-refractivity contribution in [2.24, 2.45) is 0 Å². The first-order valence-electron chi connectivity index (χ1n) is 4.88. The van der Waals surface area contributed by atoms with Crippen molar-refractivity contribution in [2.75, 3.05) is 0 Å². The quantitative estimate of drug-likeness (QED) is 0.899. The molecule has 0 atom stereocenters. The second kappa shape index (κ2) is 5.73. The number of hydrogen-bond donors (Lipinski definition) is 1. The van der Waals surface area contributed by atoms with Crippen molar-refractivity contribution in [1.29, 1.82) is 0 Å². The molecule has 3 nitrogen and oxygen atoms in total. The van der Waals surface area contributed by atoms with Gasteiger partial charge in [-0.25, -0.2) is 9.78 Å². The molecule has 0 radical (unpaired) electrons. The fraction of sp³-hybridized carbons (Fsp3) is 0. The van der Waals surface area contributed by atoms with Gasteiger partial charge in [0, 0.05) is 15.6 Å². The zero-order valence-corrected chi connectivity index (χ0v) is 12.1. The van der Waals surface area contributed by atoms with Crippen LogP contribution < -0.4 is 0 Å². The van der Waals surface area contributed by atoms with Crippen molar-refractivity contribution in [1.82, 2.24) is 4.98 Å². The van der Waals surface area contributed by atoms with Gasteiger partial charge in [0.25, 0.3) is 0 Å². The van der Waals surface area contributed by atoms with E-state index >= 15 is 0 Å². The lowest BCUT2D eigenvalue weighted by molar-refractivity contribution is 0.0696. The Labute approximate surface area is 121 Å². The zero-order chi connectivity index (χ0) is 13.1. The molecule has 0 spiro atoms. The van der Waals surface area contributed by atoms with Crippen LogP contribution in [-0.4, -0.2) is 16.1 Å². The van der Waals surface area contributed by atoms with Gasteiger partial charge in [-0.3, -0.25) is 0 Å². The van der Waals surface area contributed by atoms with E-state index in [0.717, 1.165) is 9.37 Å². The van der Waals surface area contributed by atoms with E-state index in [4.69, 9.17) is 16.7 Å². The third-order valence-electron chi connectivity index (χ3n) is 2.07. The van der Waals surface area contributed by atoms with Crippen LogP contribution in [0.3, 0.4) is 0 Å². The molecule has 0 bridgehead atoms. The second-order valence-corrected chi connectivity index (χ2v) is 5.76. The van der Waals surface area contributed by atoms with Crippen LogP contribution in [0.1, 0.15) is 10.4 Å². The summed E-state index contributed by atoms with van der Waals surface area (Å²) in [7, 11) is 0. The van der Waals surface area contributed by atoms with E-state index in [-0.39, 0.29) is 5.56 Å². The van der Waals surface area contributed by atoms with Crippen molar-refractivity contribution in [2.45, 2.75) is 9.92 Å². The third kappa shape index (κ3) is 3.25. The number of pyridine rings is 1. The van der Waals surface area contributed by atoms with Gasteiger partial charge in [-0.15, -0.1) is 0 Å². The maximum absolute atomic E-state index is 10.9. The molecule has 0 aliphatic carbocycles. The van der Waals surface area contributed by atoms with Gasteiger partial charge in [0.1, 0.15) is 5.03 Å². The average Bonchev–Trinajstić information content (AvgIpc) is 2.33. The highest BCUT2D eigenvalue weighted by Gasteiger charge is 2.08. The van der Waals surface area contributed by atoms with Gasteiger partial charge >= 0.3 is 5.97 Å². The lowest BCUT2D eigenvalue weighted by atomic mass is 10.2. The van der Waals surface area contributed by atoms with Crippen LogP contribution in [0.25, 0.3) is 0 Å². The summed E-state index contributed by atoms with van der Waals surface area (Å²) in [5, 5.41) is 10.1. The molecular formula is C12H7BrClNO2S. The minimum Gasteiger partial charge on any atom is -0.478 e. The maximum atomic E-state index is 10.9. The molecule has 0 saturated heterocycles. The number of carboxylic acids is 1. The van der Waals surface area contributed by atoms with E-state index in [9.17, 15) is 4.79 Å². The highest BCUT2D eigenvalue weighted by molar-refractivity contribution is 9.10. The van der Waals surface area contributed by atoms with Crippen LogP contribution in [0, 0.1) is 0 Å². The van der Waals surface area contributed by atoms with Crippen LogP contribution in [0.15, 0.2) is 50.9 Å². The van der Waals surface area contributed by atoms with Gasteiger partial charge in [0.05, 0.1) is 10.6 Å². The van der Waals surface area contributed by atoms with E-state index in [1.807, 2.05) is 6.07 Å². The number of rotatable bonds is 3. The molecule has 1 aromatic carbocycles. The van der Waals surface area contributed by atoms with Crippen LogP contribution in [0.5, 0.6) is 0 Å². The SMILES string of the molecule is O=C(O)c1cccc(Sc2ncc(Br)cc2Cl)c1. The van der Waals surface area contributed by atoms with Gasteiger partial charge in [-0.2, -0.15) is 0 Å². The Balaban J connectivity index is 2.28. The largest absolute Gasteiger partial charge is 0.478 e. The van der Waals surface area contributed by atoms with E-state index < -0.39 is 5.97 Å². The Morgan fingerprint density at radius 1 is 1.39 bits per heavy atom. The number of hydrogen-bond acceptors (Lipinski definition) is 3.